The van der Waals surface area contributed by atoms with E-state index < -0.39 is 17.9 Å². The fourth-order valence-corrected chi connectivity index (χ4v) is 2.01. The van der Waals surface area contributed by atoms with Gasteiger partial charge in [0.1, 0.15) is 17.5 Å². The predicted molar refractivity (Wildman–Crippen MR) is 73.2 cm³/mol. The van der Waals surface area contributed by atoms with Crippen LogP contribution in [0.3, 0.4) is 0 Å². The molecule has 0 aliphatic carbocycles. The highest BCUT2D eigenvalue weighted by Crippen LogP contribution is 2.22. The zero-order valence-electron chi connectivity index (χ0n) is 11.8. The van der Waals surface area contributed by atoms with Crippen LogP contribution < -0.4 is 20.1 Å². The topological polar surface area (TPSA) is 93.7 Å². The minimum atomic E-state index is -0.715. The average molecular weight is 292 g/mol. The highest BCUT2D eigenvalue weighted by atomic mass is 16.5. The molecular formula is C14H16N2O5. The number of hydrogen-bond donors (Lipinski definition) is 2. The molecule has 0 spiro atoms. The van der Waals surface area contributed by atoms with Crippen molar-refractivity contribution in [2.75, 3.05) is 14.2 Å². The van der Waals surface area contributed by atoms with Gasteiger partial charge in [-0.3, -0.25) is 19.7 Å². The number of rotatable bonds is 4. The maximum atomic E-state index is 12.2. The first-order valence-corrected chi connectivity index (χ1v) is 6.41. The minimum Gasteiger partial charge on any atom is -0.497 e. The summed E-state index contributed by atoms with van der Waals surface area (Å²) in [5.41, 5.74) is 0.316. The first kappa shape index (κ1) is 14.8. The van der Waals surface area contributed by atoms with Crippen LogP contribution in [-0.4, -0.2) is 38.0 Å². The van der Waals surface area contributed by atoms with Crippen molar-refractivity contribution in [3.8, 4) is 11.5 Å². The summed E-state index contributed by atoms with van der Waals surface area (Å²) in [7, 11) is 2.97. The highest BCUT2D eigenvalue weighted by Gasteiger charge is 2.28. The smallest absolute Gasteiger partial charge is 0.252 e. The molecule has 1 unspecified atom stereocenters. The molecule has 0 saturated carbocycles. The van der Waals surface area contributed by atoms with Gasteiger partial charge in [0.05, 0.1) is 14.2 Å². The fourth-order valence-electron chi connectivity index (χ4n) is 2.01. The summed E-state index contributed by atoms with van der Waals surface area (Å²) >= 11 is 0. The van der Waals surface area contributed by atoms with Crippen LogP contribution >= 0.6 is 0 Å². The average Bonchev–Trinajstić information content (AvgIpc) is 2.49. The molecule has 0 radical (unpaired) electrons. The van der Waals surface area contributed by atoms with Crippen LogP contribution in [0, 0.1) is 0 Å². The second-order valence-electron chi connectivity index (χ2n) is 4.58. The van der Waals surface area contributed by atoms with Crippen molar-refractivity contribution in [2.45, 2.75) is 18.9 Å². The van der Waals surface area contributed by atoms with E-state index in [0.29, 0.717) is 17.1 Å². The molecule has 1 saturated heterocycles. The molecule has 1 fully saturated rings. The summed E-state index contributed by atoms with van der Waals surface area (Å²) in [6.07, 6.45) is 0.496. The van der Waals surface area contributed by atoms with E-state index in [0.717, 1.165) is 0 Å². The minimum absolute atomic E-state index is 0.206. The molecule has 0 bridgehead atoms. The SMILES string of the molecule is COc1cc(OC)cc(C(=O)NC2CCC(=O)NC2=O)c1. The summed E-state index contributed by atoms with van der Waals surface area (Å²) in [5.74, 6) is -0.296. The lowest BCUT2D eigenvalue weighted by Gasteiger charge is -2.22. The maximum Gasteiger partial charge on any atom is 0.252 e. The molecule has 1 aliphatic heterocycles. The Morgan fingerprint density at radius 1 is 1.19 bits per heavy atom. The van der Waals surface area contributed by atoms with Crippen molar-refractivity contribution >= 4 is 17.7 Å². The summed E-state index contributed by atoms with van der Waals surface area (Å²) in [6.45, 7) is 0. The van der Waals surface area contributed by atoms with E-state index in [1.807, 2.05) is 0 Å². The zero-order chi connectivity index (χ0) is 15.4. The Balaban J connectivity index is 2.13. The number of piperidine rings is 1. The van der Waals surface area contributed by atoms with Crippen LogP contribution in [0.5, 0.6) is 11.5 Å². The van der Waals surface area contributed by atoms with Gasteiger partial charge in [-0.1, -0.05) is 0 Å². The van der Waals surface area contributed by atoms with Crippen LogP contribution in [0.2, 0.25) is 0 Å². The summed E-state index contributed by atoms with van der Waals surface area (Å²) in [5, 5.41) is 4.78. The van der Waals surface area contributed by atoms with Crippen molar-refractivity contribution < 1.29 is 23.9 Å². The van der Waals surface area contributed by atoms with Gasteiger partial charge in [0, 0.05) is 18.1 Å². The third kappa shape index (κ3) is 3.50. The van der Waals surface area contributed by atoms with E-state index in [4.69, 9.17) is 9.47 Å². The first-order valence-electron chi connectivity index (χ1n) is 6.41. The molecule has 7 heteroatoms. The van der Waals surface area contributed by atoms with Gasteiger partial charge in [-0.05, 0) is 18.6 Å². The monoisotopic (exact) mass is 292 g/mol. The van der Waals surface area contributed by atoms with Crippen molar-refractivity contribution in [2.24, 2.45) is 0 Å². The third-order valence-corrected chi connectivity index (χ3v) is 3.16. The summed E-state index contributed by atoms with van der Waals surface area (Å²) < 4.78 is 10.2. The van der Waals surface area contributed by atoms with Gasteiger partial charge >= 0.3 is 0 Å². The maximum absolute atomic E-state index is 12.2. The lowest BCUT2D eigenvalue weighted by Crippen LogP contribution is -2.52. The number of hydrogen-bond acceptors (Lipinski definition) is 5. The van der Waals surface area contributed by atoms with E-state index in [1.54, 1.807) is 18.2 Å². The number of carbonyl (C=O) groups is 3. The van der Waals surface area contributed by atoms with Crippen LogP contribution in [0.4, 0.5) is 0 Å². The van der Waals surface area contributed by atoms with E-state index >= 15 is 0 Å². The van der Waals surface area contributed by atoms with Crippen LogP contribution in [0.1, 0.15) is 23.2 Å². The van der Waals surface area contributed by atoms with E-state index in [1.165, 1.54) is 14.2 Å². The molecule has 1 aliphatic rings. The Kier molecular flexibility index (Phi) is 4.42. The Morgan fingerprint density at radius 3 is 2.33 bits per heavy atom. The normalized spacial score (nSPS) is 17.9. The van der Waals surface area contributed by atoms with Crippen LogP contribution in [0.25, 0.3) is 0 Å². The number of methoxy groups -OCH3 is 2. The van der Waals surface area contributed by atoms with Crippen molar-refractivity contribution in [3.63, 3.8) is 0 Å². The molecule has 112 valence electrons. The fraction of sp³-hybridized carbons (Fsp3) is 0.357. The van der Waals surface area contributed by atoms with Crippen LogP contribution in [0.15, 0.2) is 18.2 Å². The largest absolute Gasteiger partial charge is 0.497 e. The van der Waals surface area contributed by atoms with Crippen LogP contribution in [-0.2, 0) is 9.59 Å². The Morgan fingerprint density at radius 2 is 1.81 bits per heavy atom. The number of amides is 3. The second kappa shape index (κ2) is 6.25. The Bertz CT molecular complexity index is 562. The molecule has 1 aromatic rings. The molecule has 1 atom stereocenters. The van der Waals surface area contributed by atoms with E-state index in [2.05, 4.69) is 10.6 Å². The van der Waals surface area contributed by atoms with Gasteiger partial charge in [0.2, 0.25) is 11.8 Å². The number of benzene rings is 1. The molecule has 0 aromatic heterocycles. The zero-order valence-corrected chi connectivity index (χ0v) is 11.8. The number of nitrogens with one attached hydrogen (secondary N) is 2. The lowest BCUT2D eigenvalue weighted by atomic mass is 10.1. The van der Waals surface area contributed by atoms with Gasteiger partial charge in [0.15, 0.2) is 0 Å². The third-order valence-electron chi connectivity index (χ3n) is 3.16. The van der Waals surface area contributed by atoms with E-state index in [-0.39, 0.29) is 18.7 Å². The predicted octanol–water partition coefficient (Wildman–Crippen LogP) is 0.239. The highest BCUT2D eigenvalue weighted by molar-refractivity contribution is 6.03. The van der Waals surface area contributed by atoms with Gasteiger partial charge in [-0.2, -0.15) is 0 Å². The van der Waals surface area contributed by atoms with Gasteiger partial charge in [-0.25, -0.2) is 0 Å². The molecule has 7 nitrogen and oxygen atoms in total. The lowest BCUT2D eigenvalue weighted by molar-refractivity contribution is -0.134. The van der Waals surface area contributed by atoms with Crippen molar-refractivity contribution in [1.82, 2.24) is 10.6 Å². The number of carbonyl (C=O) groups excluding carboxylic acids is 3. The van der Waals surface area contributed by atoms with Gasteiger partial charge < -0.3 is 14.8 Å². The molecular weight excluding hydrogens is 276 g/mol. The molecule has 21 heavy (non-hydrogen) atoms. The summed E-state index contributed by atoms with van der Waals surface area (Å²) in [4.78, 5) is 34.9. The van der Waals surface area contributed by atoms with Gasteiger partial charge in [0.25, 0.3) is 5.91 Å². The van der Waals surface area contributed by atoms with Crippen molar-refractivity contribution in [1.29, 1.82) is 0 Å². The van der Waals surface area contributed by atoms with E-state index in [9.17, 15) is 14.4 Å². The van der Waals surface area contributed by atoms with Gasteiger partial charge in [-0.15, -0.1) is 0 Å². The Hall–Kier alpha value is -2.57. The summed E-state index contributed by atoms with van der Waals surface area (Å²) in [6, 6.07) is 4.02. The standard InChI is InChI=1S/C14H16N2O5/c1-20-9-5-8(6-10(7-9)21-2)13(18)15-11-3-4-12(17)16-14(11)19/h5-7,11H,3-4H2,1-2H3,(H,15,18)(H,16,17,19). The molecule has 1 aromatic carbocycles. The molecule has 3 amide bonds. The van der Waals surface area contributed by atoms with Crippen molar-refractivity contribution in [3.05, 3.63) is 23.8 Å². The quantitative estimate of drug-likeness (QED) is 0.775. The first-order chi connectivity index (χ1) is 10.0. The molecule has 1 heterocycles. The number of imide groups is 1. The molecule has 2 N–H and O–H groups in total. The molecule has 2 rings (SSSR count). The Labute approximate surface area is 121 Å². The second-order valence-corrected chi connectivity index (χ2v) is 4.58. The number of ether oxygens (including phenoxy) is 2.